The maximum absolute atomic E-state index is 6.28. The number of hydrogen-bond acceptors (Lipinski definition) is 3. The van der Waals surface area contributed by atoms with Crippen LogP contribution >= 0.6 is 23.8 Å². The first-order chi connectivity index (χ1) is 13.4. The molecule has 0 bridgehead atoms. The third-order valence-corrected chi connectivity index (χ3v) is 5.36. The molecule has 28 heavy (non-hydrogen) atoms. The third kappa shape index (κ3) is 4.54. The maximum Gasteiger partial charge on any atom is 0.173 e. The van der Waals surface area contributed by atoms with Crippen molar-refractivity contribution in [2.75, 3.05) is 12.4 Å². The van der Waals surface area contributed by atoms with Gasteiger partial charge in [-0.15, -0.1) is 0 Å². The SMILES string of the molecule is CCn1cc(Cl)c(CN(C)C(=S)Nc2c(C)nn(Cc3ccccc3)c2C)n1. The lowest BCUT2D eigenvalue weighted by Crippen LogP contribution is -2.31. The fraction of sp³-hybridized carbons (Fsp3) is 0.350. The zero-order valence-corrected chi connectivity index (χ0v) is 18.2. The van der Waals surface area contributed by atoms with Crippen molar-refractivity contribution in [3.63, 3.8) is 0 Å². The number of aromatic nitrogens is 4. The van der Waals surface area contributed by atoms with E-state index in [1.54, 1.807) is 0 Å². The van der Waals surface area contributed by atoms with Gasteiger partial charge in [-0.1, -0.05) is 41.9 Å². The Labute approximate surface area is 176 Å². The number of thiocarbonyl (C=S) groups is 1. The van der Waals surface area contributed by atoms with Crippen molar-refractivity contribution < 1.29 is 0 Å². The second kappa shape index (κ2) is 8.75. The Bertz CT molecular complexity index is 963. The van der Waals surface area contributed by atoms with Gasteiger partial charge in [0.05, 0.1) is 35.2 Å². The summed E-state index contributed by atoms with van der Waals surface area (Å²) in [4.78, 5) is 1.93. The van der Waals surface area contributed by atoms with Crippen molar-refractivity contribution in [1.82, 2.24) is 24.5 Å². The molecular formula is C20H25ClN6S. The number of nitrogens with zero attached hydrogens (tertiary/aromatic N) is 5. The van der Waals surface area contributed by atoms with Crippen LogP contribution in [0.5, 0.6) is 0 Å². The Morgan fingerprint density at radius 2 is 1.93 bits per heavy atom. The number of aryl methyl sites for hydroxylation is 2. The molecule has 0 radical (unpaired) electrons. The summed E-state index contributed by atoms with van der Waals surface area (Å²) in [6.45, 7) is 8.11. The van der Waals surface area contributed by atoms with E-state index in [2.05, 4.69) is 27.6 Å². The molecule has 0 saturated carbocycles. The molecule has 148 valence electrons. The fourth-order valence-electron chi connectivity index (χ4n) is 2.99. The minimum Gasteiger partial charge on any atom is -0.346 e. The Morgan fingerprint density at radius 3 is 2.57 bits per heavy atom. The number of halogens is 1. The van der Waals surface area contributed by atoms with Crippen molar-refractivity contribution in [2.24, 2.45) is 0 Å². The molecule has 8 heteroatoms. The van der Waals surface area contributed by atoms with Gasteiger partial charge in [0.1, 0.15) is 5.69 Å². The summed E-state index contributed by atoms with van der Waals surface area (Å²) < 4.78 is 3.82. The number of anilines is 1. The van der Waals surface area contributed by atoms with Gasteiger partial charge in [0, 0.05) is 19.8 Å². The van der Waals surface area contributed by atoms with Crippen molar-refractivity contribution >= 4 is 34.6 Å². The minimum atomic E-state index is 0.536. The Balaban J connectivity index is 1.70. The third-order valence-electron chi connectivity index (χ3n) is 4.63. The predicted molar refractivity (Wildman–Crippen MR) is 118 cm³/mol. The van der Waals surface area contributed by atoms with Crippen LogP contribution in [-0.2, 0) is 19.6 Å². The molecule has 0 amide bonds. The van der Waals surface area contributed by atoms with Gasteiger partial charge in [0.25, 0.3) is 0 Å². The molecule has 2 aromatic heterocycles. The van der Waals surface area contributed by atoms with Crippen LogP contribution in [0.3, 0.4) is 0 Å². The van der Waals surface area contributed by atoms with E-state index in [0.29, 0.717) is 16.7 Å². The predicted octanol–water partition coefficient (Wildman–Crippen LogP) is 4.25. The molecule has 0 fully saturated rings. The van der Waals surface area contributed by atoms with Gasteiger partial charge in [-0.25, -0.2) is 0 Å². The van der Waals surface area contributed by atoms with Crippen LogP contribution in [0.25, 0.3) is 0 Å². The highest BCUT2D eigenvalue weighted by molar-refractivity contribution is 7.80. The lowest BCUT2D eigenvalue weighted by Gasteiger charge is -2.20. The first-order valence-corrected chi connectivity index (χ1v) is 9.99. The second-order valence-electron chi connectivity index (χ2n) is 6.75. The Kier molecular flexibility index (Phi) is 6.36. The monoisotopic (exact) mass is 416 g/mol. The summed E-state index contributed by atoms with van der Waals surface area (Å²) in [6, 6.07) is 10.3. The van der Waals surface area contributed by atoms with Gasteiger partial charge in [-0.05, 0) is 38.6 Å². The summed E-state index contributed by atoms with van der Waals surface area (Å²) in [5.74, 6) is 0. The van der Waals surface area contributed by atoms with Crippen LogP contribution in [0.15, 0.2) is 36.5 Å². The highest BCUT2D eigenvalue weighted by Gasteiger charge is 2.16. The lowest BCUT2D eigenvalue weighted by atomic mass is 10.2. The van der Waals surface area contributed by atoms with Crippen molar-refractivity contribution in [3.05, 3.63) is 64.2 Å². The summed E-state index contributed by atoms with van der Waals surface area (Å²) in [5.41, 5.74) is 4.92. The molecule has 0 aliphatic carbocycles. The van der Waals surface area contributed by atoms with E-state index >= 15 is 0 Å². The van der Waals surface area contributed by atoms with E-state index < -0.39 is 0 Å². The molecule has 6 nitrogen and oxygen atoms in total. The average Bonchev–Trinajstić information content (AvgIpc) is 3.16. The summed E-state index contributed by atoms with van der Waals surface area (Å²) in [5, 5.41) is 13.8. The van der Waals surface area contributed by atoms with E-state index in [-0.39, 0.29) is 0 Å². The van der Waals surface area contributed by atoms with E-state index in [1.807, 2.05) is 66.5 Å². The highest BCUT2D eigenvalue weighted by Crippen LogP contribution is 2.22. The summed E-state index contributed by atoms with van der Waals surface area (Å²) >= 11 is 11.9. The molecule has 0 aliphatic heterocycles. The van der Waals surface area contributed by atoms with Crippen molar-refractivity contribution in [2.45, 2.75) is 40.4 Å². The zero-order valence-electron chi connectivity index (χ0n) is 16.6. The van der Waals surface area contributed by atoms with Gasteiger partial charge in [-0.2, -0.15) is 10.2 Å². The largest absolute Gasteiger partial charge is 0.346 e. The normalized spacial score (nSPS) is 10.9. The minimum absolute atomic E-state index is 0.536. The van der Waals surface area contributed by atoms with Crippen LogP contribution in [0.2, 0.25) is 5.02 Å². The lowest BCUT2D eigenvalue weighted by molar-refractivity contribution is 0.492. The number of benzene rings is 1. The first-order valence-electron chi connectivity index (χ1n) is 9.21. The van der Waals surface area contributed by atoms with Crippen LogP contribution < -0.4 is 5.32 Å². The summed E-state index contributed by atoms with van der Waals surface area (Å²) in [7, 11) is 1.93. The molecule has 0 atom stereocenters. The molecule has 0 unspecified atom stereocenters. The highest BCUT2D eigenvalue weighted by atomic mass is 35.5. The molecule has 0 aliphatic rings. The molecule has 3 aromatic rings. The molecule has 0 saturated heterocycles. The molecule has 2 heterocycles. The molecule has 1 aromatic carbocycles. The van der Waals surface area contributed by atoms with E-state index in [1.165, 1.54) is 5.56 Å². The van der Waals surface area contributed by atoms with Crippen molar-refractivity contribution in [3.8, 4) is 0 Å². The van der Waals surface area contributed by atoms with Gasteiger partial charge in [-0.3, -0.25) is 9.36 Å². The maximum atomic E-state index is 6.28. The van der Waals surface area contributed by atoms with E-state index in [9.17, 15) is 0 Å². The molecule has 0 spiro atoms. The molecule has 3 rings (SSSR count). The van der Waals surface area contributed by atoms with Gasteiger partial charge in [0.15, 0.2) is 5.11 Å². The van der Waals surface area contributed by atoms with Gasteiger partial charge in [0.2, 0.25) is 0 Å². The smallest absolute Gasteiger partial charge is 0.173 e. The van der Waals surface area contributed by atoms with Crippen LogP contribution in [0.4, 0.5) is 5.69 Å². The van der Waals surface area contributed by atoms with E-state index in [0.717, 1.165) is 35.9 Å². The average molecular weight is 417 g/mol. The topological polar surface area (TPSA) is 50.9 Å². The quantitative estimate of drug-likeness (QED) is 0.609. The first kappa shape index (κ1) is 20.4. The van der Waals surface area contributed by atoms with Crippen LogP contribution in [0.1, 0.15) is 29.6 Å². The Hall–Kier alpha value is -2.38. The number of nitrogens with one attached hydrogen (secondary N) is 1. The number of hydrogen-bond donors (Lipinski definition) is 1. The van der Waals surface area contributed by atoms with Crippen molar-refractivity contribution in [1.29, 1.82) is 0 Å². The van der Waals surface area contributed by atoms with Crippen LogP contribution in [-0.4, -0.2) is 36.6 Å². The Morgan fingerprint density at radius 1 is 1.21 bits per heavy atom. The molecule has 1 N–H and O–H groups in total. The molecular weight excluding hydrogens is 392 g/mol. The second-order valence-corrected chi connectivity index (χ2v) is 7.55. The fourth-order valence-corrected chi connectivity index (χ4v) is 3.37. The standard InChI is InChI=1S/C20H25ClN6S/c1-5-26-12-17(21)18(24-26)13-25(4)20(28)22-19-14(2)23-27(15(19)3)11-16-9-7-6-8-10-16/h6-10,12H,5,11,13H2,1-4H3,(H,22,28). The zero-order chi connectivity index (χ0) is 20.3. The summed E-state index contributed by atoms with van der Waals surface area (Å²) in [6.07, 6.45) is 1.84. The van der Waals surface area contributed by atoms with Crippen LogP contribution in [0, 0.1) is 13.8 Å². The van der Waals surface area contributed by atoms with Gasteiger partial charge < -0.3 is 10.2 Å². The van der Waals surface area contributed by atoms with Gasteiger partial charge >= 0.3 is 0 Å². The number of rotatable bonds is 6. The van der Waals surface area contributed by atoms with E-state index in [4.69, 9.17) is 23.8 Å².